The van der Waals surface area contributed by atoms with Gasteiger partial charge in [-0.05, 0) is 66.7 Å². The summed E-state index contributed by atoms with van der Waals surface area (Å²) in [5.74, 6) is -0.390. The lowest BCUT2D eigenvalue weighted by molar-refractivity contribution is 0.102. The number of aromatic nitrogens is 4. The lowest BCUT2D eigenvalue weighted by Crippen LogP contribution is -2.12. The molecule has 0 radical (unpaired) electrons. The van der Waals surface area contributed by atoms with Crippen molar-refractivity contribution in [2.24, 2.45) is 0 Å². The van der Waals surface area contributed by atoms with Crippen LogP contribution in [-0.2, 0) is 0 Å². The lowest BCUT2D eigenvalue weighted by atomic mass is 10.0. The Hall–Kier alpha value is -5.30. The van der Waals surface area contributed by atoms with E-state index in [9.17, 15) is 9.59 Å². The van der Waals surface area contributed by atoms with Crippen molar-refractivity contribution in [3.05, 3.63) is 125 Å². The van der Waals surface area contributed by atoms with Crippen LogP contribution >= 0.6 is 0 Å². The number of nitrogens with zero attached hydrogens (tertiary/aromatic N) is 2. The molecule has 0 saturated heterocycles. The quantitative estimate of drug-likeness (QED) is 0.249. The van der Waals surface area contributed by atoms with Crippen molar-refractivity contribution in [1.29, 1.82) is 0 Å². The fourth-order valence-corrected chi connectivity index (χ4v) is 4.33. The molecule has 0 fully saturated rings. The van der Waals surface area contributed by atoms with Gasteiger partial charge in [0.05, 0.1) is 16.9 Å². The van der Waals surface area contributed by atoms with E-state index < -0.39 is 0 Å². The normalized spacial score (nSPS) is 11.4. The van der Waals surface area contributed by atoms with Crippen molar-refractivity contribution in [3.8, 4) is 0 Å². The van der Waals surface area contributed by atoms with Crippen LogP contribution in [0.2, 0.25) is 0 Å². The molecule has 7 nitrogen and oxygen atoms in total. The monoisotopic (exact) mass is 483 g/mol. The van der Waals surface area contributed by atoms with E-state index in [1.165, 1.54) is 0 Å². The maximum Gasteiger partial charge on any atom is 0.256 e. The van der Waals surface area contributed by atoms with E-state index in [1.807, 2.05) is 54.6 Å². The first kappa shape index (κ1) is 22.2. The summed E-state index contributed by atoms with van der Waals surface area (Å²) in [4.78, 5) is 33.6. The number of hydrogen-bond donors (Lipinski definition) is 3. The van der Waals surface area contributed by atoms with Crippen LogP contribution in [0, 0.1) is 0 Å². The first-order valence-corrected chi connectivity index (χ1v) is 11.8. The zero-order valence-corrected chi connectivity index (χ0v) is 19.6. The third kappa shape index (κ3) is 4.41. The number of nitrogens with one attached hydrogen (secondary N) is 3. The molecule has 0 aliphatic carbocycles. The van der Waals surface area contributed by atoms with Gasteiger partial charge in [0.1, 0.15) is 0 Å². The van der Waals surface area contributed by atoms with E-state index in [2.05, 4.69) is 25.5 Å². The summed E-state index contributed by atoms with van der Waals surface area (Å²) in [5, 5.41) is 12.1. The summed E-state index contributed by atoms with van der Waals surface area (Å²) in [7, 11) is 0. The number of carbonyl (C=O) groups is 2. The van der Waals surface area contributed by atoms with Gasteiger partial charge in [-0.1, -0.05) is 30.3 Å². The molecule has 0 saturated carbocycles. The molecule has 7 heteroatoms. The number of amides is 1. The van der Waals surface area contributed by atoms with Crippen molar-refractivity contribution in [3.63, 3.8) is 0 Å². The zero-order valence-electron chi connectivity index (χ0n) is 19.6. The number of benzene rings is 3. The maximum absolute atomic E-state index is 13.3. The summed E-state index contributed by atoms with van der Waals surface area (Å²) in [6, 6.07) is 25.5. The Balaban J connectivity index is 1.23. The number of H-pyrrole nitrogens is 2. The average molecular weight is 484 g/mol. The molecule has 0 aliphatic heterocycles. The lowest BCUT2D eigenvalue weighted by Gasteiger charge is -2.08. The second-order valence-corrected chi connectivity index (χ2v) is 8.57. The smallest absolute Gasteiger partial charge is 0.256 e. The topological polar surface area (TPSA) is 104 Å². The van der Waals surface area contributed by atoms with Crippen LogP contribution in [0.4, 0.5) is 5.69 Å². The standard InChI is InChI=1S/C30H21N5O2/c36-29(20-10-12-25-27(34-35-28(25)18-20)13-11-21-6-1-2-15-31-21)19-5-3-7-22(17-19)33-30(37)24-8-4-9-26-23(24)14-16-32-26/h1-18,32H,(H,33,37)(H,34,35). The van der Waals surface area contributed by atoms with Gasteiger partial charge in [0.2, 0.25) is 0 Å². The van der Waals surface area contributed by atoms with E-state index in [0.29, 0.717) is 27.9 Å². The summed E-state index contributed by atoms with van der Waals surface area (Å²) in [6.07, 6.45) is 7.36. The summed E-state index contributed by atoms with van der Waals surface area (Å²) >= 11 is 0. The number of anilines is 1. The summed E-state index contributed by atoms with van der Waals surface area (Å²) < 4.78 is 0. The molecule has 0 aliphatic rings. The molecule has 3 heterocycles. The van der Waals surface area contributed by atoms with E-state index in [-0.39, 0.29) is 11.7 Å². The summed E-state index contributed by atoms with van der Waals surface area (Å²) in [5.41, 5.74) is 5.35. The Labute approximate surface area is 211 Å². The molecule has 3 aromatic carbocycles. The number of aromatic amines is 2. The van der Waals surface area contributed by atoms with Crippen molar-refractivity contribution in [2.75, 3.05) is 5.32 Å². The third-order valence-corrected chi connectivity index (χ3v) is 6.18. The zero-order chi connectivity index (χ0) is 25.2. The maximum atomic E-state index is 13.3. The molecule has 0 atom stereocenters. The number of carbonyl (C=O) groups excluding carboxylic acids is 2. The molecule has 6 rings (SSSR count). The minimum absolute atomic E-state index is 0.153. The second kappa shape index (κ2) is 9.39. The Morgan fingerprint density at radius 3 is 2.59 bits per heavy atom. The van der Waals surface area contributed by atoms with Crippen molar-refractivity contribution < 1.29 is 9.59 Å². The summed E-state index contributed by atoms with van der Waals surface area (Å²) in [6.45, 7) is 0. The number of rotatable bonds is 6. The molecule has 0 spiro atoms. The van der Waals surface area contributed by atoms with Crippen molar-refractivity contribution in [1.82, 2.24) is 20.2 Å². The highest BCUT2D eigenvalue weighted by atomic mass is 16.1. The van der Waals surface area contributed by atoms with Gasteiger partial charge in [0.25, 0.3) is 5.91 Å². The fourth-order valence-electron chi connectivity index (χ4n) is 4.33. The van der Waals surface area contributed by atoms with Gasteiger partial charge in [-0.2, -0.15) is 5.10 Å². The Morgan fingerprint density at radius 2 is 1.70 bits per heavy atom. The van der Waals surface area contributed by atoms with Crippen LogP contribution in [0.3, 0.4) is 0 Å². The van der Waals surface area contributed by atoms with Crippen LogP contribution < -0.4 is 5.32 Å². The SMILES string of the molecule is O=C(c1cccc(NC(=O)c2cccc3[nH]ccc23)c1)c1ccc2c(C=Cc3ccccn3)[nH]nc2c1. The molecule has 3 N–H and O–H groups in total. The van der Waals surface area contributed by atoms with E-state index >= 15 is 0 Å². The van der Waals surface area contributed by atoms with Crippen molar-refractivity contribution in [2.45, 2.75) is 0 Å². The highest BCUT2D eigenvalue weighted by Crippen LogP contribution is 2.23. The van der Waals surface area contributed by atoms with E-state index in [0.717, 1.165) is 27.7 Å². The van der Waals surface area contributed by atoms with Gasteiger partial charge in [-0.3, -0.25) is 19.7 Å². The van der Waals surface area contributed by atoms with Gasteiger partial charge < -0.3 is 10.3 Å². The van der Waals surface area contributed by atoms with Crippen LogP contribution in [0.25, 0.3) is 34.0 Å². The largest absolute Gasteiger partial charge is 0.361 e. The molecule has 37 heavy (non-hydrogen) atoms. The van der Waals surface area contributed by atoms with Gasteiger partial charge in [-0.25, -0.2) is 0 Å². The molecule has 1 amide bonds. The molecule has 178 valence electrons. The van der Waals surface area contributed by atoms with Gasteiger partial charge in [0.15, 0.2) is 5.78 Å². The highest BCUT2D eigenvalue weighted by Gasteiger charge is 2.15. The van der Waals surface area contributed by atoms with Crippen LogP contribution in [0.15, 0.2) is 97.3 Å². The predicted octanol–water partition coefficient (Wildman–Crippen LogP) is 6.09. The van der Waals surface area contributed by atoms with Crippen molar-refractivity contribution >= 4 is 51.3 Å². The first-order valence-electron chi connectivity index (χ1n) is 11.8. The fraction of sp³-hybridized carbons (Fsp3) is 0. The third-order valence-electron chi connectivity index (χ3n) is 6.18. The van der Waals surface area contributed by atoms with Crippen LogP contribution in [0.1, 0.15) is 37.7 Å². The number of pyridine rings is 1. The molecule has 0 bridgehead atoms. The van der Waals surface area contributed by atoms with Gasteiger partial charge >= 0.3 is 0 Å². The minimum atomic E-state index is -0.237. The number of ketones is 1. The number of fused-ring (bicyclic) bond motifs is 2. The molecule has 3 aromatic heterocycles. The highest BCUT2D eigenvalue weighted by molar-refractivity contribution is 6.14. The second-order valence-electron chi connectivity index (χ2n) is 8.57. The predicted molar refractivity (Wildman–Crippen MR) is 145 cm³/mol. The Morgan fingerprint density at radius 1 is 0.811 bits per heavy atom. The van der Waals surface area contributed by atoms with Crippen LogP contribution in [-0.4, -0.2) is 31.9 Å². The van der Waals surface area contributed by atoms with Gasteiger partial charge in [0, 0.05) is 51.1 Å². The number of hydrogen-bond acceptors (Lipinski definition) is 4. The Kier molecular flexibility index (Phi) is 5.63. The minimum Gasteiger partial charge on any atom is -0.361 e. The molecular formula is C30H21N5O2. The van der Waals surface area contributed by atoms with Crippen LogP contribution in [0.5, 0.6) is 0 Å². The molecule has 6 aromatic rings. The Bertz CT molecular complexity index is 1800. The molecule has 0 unspecified atom stereocenters. The average Bonchev–Trinajstić information content (AvgIpc) is 3.59. The molecular weight excluding hydrogens is 462 g/mol. The van der Waals surface area contributed by atoms with E-state index in [1.54, 1.807) is 54.9 Å². The van der Waals surface area contributed by atoms with Gasteiger partial charge in [-0.15, -0.1) is 0 Å². The van der Waals surface area contributed by atoms with E-state index in [4.69, 9.17) is 0 Å². The first-order chi connectivity index (χ1) is 18.2.